The van der Waals surface area contributed by atoms with Crippen LogP contribution in [0.1, 0.15) is 0 Å². The van der Waals surface area contributed by atoms with E-state index in [1.807, 2.05) is 6.07 Å². The van der Waals surface area contributed by atoms with Gasteiger partial charge in [-0.25, -0.2) is 0 Å². The fourth-order valence-corrected chi connectivity index (χ4v) is 9.49. The molecule has 60 heavy (non-hydrogen) atoms. The van der Waals surface area contributed by atoms with Crippen LogP contribution in [0.25, 0.3) is 98.4 Å². The molecule has 11 aromatic carbocycles. The molecule has 0 aliphatic rings. The number of hydrogen-bond acceptors (Lipinski definition) is 2. The second-order valence-corrected chi connectivity index (χ2v) is 15.6. The summed E-state index contributed by atoms with van der Waals surface area (Å²) < 4.78 is 6.43. The summed E-state index contributed by atoms with van der Waals surface area (Å²) in [6, 6.07) is 81.2. The standard InChI is InChI=1S/C58H37NO/c1-3-17-45-40(14-1)36-53(50-22-9-7-19-47(45)50)39-30-34-43(35-31-39)59(55-25-13-27-57-58(55)52-24-11-12-26-56(52)60-57)42-32-28-38(29-33-42)44-16-5-6-21-49(44)54-37-41-15-2-4-18-46(41)48-20-8-10-23-51(48)54/h1-37H. The van der Waals surface area contributed by atoms with Gasteiger partial charge in [-0.15, -0.1) is 0 Å². The molecule has 0 spiro atoms. The Hall–Kier alpha value is -7.94. The molecule has 0 unspecified atom stereocenters. The van der Waals surface area contributed by atoms with Crippen molar-refractivity contribution < 1.29 is 4.42 Å². The lowest BCUT2D eigenvalue weighted by atomic mass is 9.89. The molecule has 0 fully saturated rings. The third-order valence-electron chi connectivity index (χ3n) is 12.2. The van der Waals surface area contributed by atoms with Crippen LogP contribution in [-0.4, -0.2) is 0 Å². The first-order valence-corrected chi connectivity index (χ1v) is 20.6. The van der Waals surface area contributed by atoms with Crippen molar-refractivity contribution >= 4 is 82.1 Å². The van der Waals surface area contributed by atoms with Gasteiger partial charge in [0.1, 0.15) is 11.2 Å². The fraction of sp³-hybridized carbons (Fsp3) is 0. The van der Waals surface area contributed by atoms with Gasteiger partial charge >= 0.3 is 0 Å². The Kier molecular flexibility index (Phi) is 7.89. The monoisotopic (exact) mass is 763 g/mol. The molecule has 0 N–H and O–H groups in total. The van der Waals surface area contributed by atoms with Crippen molar-refractivity contribution in [1.29, 1.82) is 0 Å². The summed E-state index contributed by atoms with van der Waals surface area (Å²) in [6.45, 7) is 0. The van der Waals surface area contributed by atoms with Crippen molar-refractivity contribution in [1.82, 2.24) is 0 Å². The maximum atomic E-state index is 6.43. The molecule has 0 aliphatic carbocycles. The SMILES string of the molecule is c1ccc(-c2cc3ccccc3c3ccccc23)c(-c2ccc(N(c3ccc(-c4cc5ccccc5c5ccccc45)cc3)c3cccc4oc5ccccc5c34)cc2)c1. The zero-order valence-electron chi connectivity index (χ0n) is 32.7. The molecular formula is C58H37NO. The second kappa shape index (κ2) is 13.9. The molecule has 12 aromatic rings. The van der Waals surface area contributed by atoms with Crippen LogP contribution in [-0.2, 0) is 0 Å². The average molecular weight is 764 g/mol. The minimum absolute atomic E-state index is 0.867. The van der Waals surface area contributed by atoms with Crippen LogP contribution < -0.4 is 4.90 Å². The largest absolute Gasteiger partial charge is 0.456 e. The first-order chi connectivity index (χ1) is 29.8. The van der Waals surface area contributed by atoms with Gasteiger partial charge in [0.05, 0.1) is 11.1 Å². The van der Waals surface area contributed by atoms with E-state index in [1.54, 1.807) is 0 Å². The second-order valence-electron chi connectivity index (χ2n) is 15.6. The Morgan fingerprint density at radius 3 is 1.37 bits per heavy atom. The molecular weight excluding hydrogens is 727 g/mol. The topological polar surface area (TPSA) is 16.4 Å². The van der Waals surface area contributed by atoms with Gasteiger partial charge in [0, 0.05) is 16.8 Å². The molecule has 12 rings (SSSR count). The van der Waals surface area contributed by atoms with Gasteiger partial charge in [0.2, 0.25) is 0 Å². The highest BCUT2D eigenvalue weighted by molar-refractivity contribution is 6.16. The molecule has 0 radical (unpaired) electrons. The van der Waals surface area contributed by atoms with Gasteiger partial charge < -0.3 is 9.32 Å². The lowest BCUT2D eigenvalue weighted by molar-refractivity contribution is 0.669. The highest BCUT2D eigenvalue weighted by Gasteiger charge is 2.21. The van der Waals surface area contributed by atoms with Crippen LogP contribution in [0.5, 0.6) is 0 Å². The third kappa shape index (κ3) is 5.50. The molecule has 2 heteroatoms. The van der Waals surface area contributed by atoms with Gasteiger partial charge in [0.25, 0.3) is 0 Å². The Labute approximate surface area is 347 Å². The number of benzene rings is 11. The van der Waals surface area contributed by atoms with E-state index in [9.17, 15) is 0 Å². The molecule has 0 atom stereocenters. The van der Waals surface area contributed by atoms with Crippen LogP contribution >= 0.6 is 0 Å². The minimum atomic E-state index is 0.867. The highest BCUT2D eigenvalue weighted by atomic mass is 16.3. The summed E-state index contributed by atoms with van der Waals surface area (Å²) in [5.41, 5.74) is 12.2. The molecule has 0 saturated heterocycles. The van der Waals surface area contributed by atoms with Crippen molar-refractivity contribution in [2.75, 3.05) is 4.90 Å². The number of rotatable bonds is 6. The van der Waals surface area contributed by atoms with Gasteiger partial charge in [0.15, 0.2) is 0 Å². The number of fused-ring (bicyclic) bond motifs is 9. The first kappa shape index (κ1) is 34.1. The summed E-state index contributed by atoms with van der Waals surface area (Å²) in [5, 5.41) is 12.3. The zero-order chi connectivity index (χ0) is 39.6. The van der Waals surface area contributed by atoms with Gasteiger partial charge in [-0.1, -0.05) is 170 Å². The maximum absolute atomic E-state index is 6.43. The predicted octanol–water partition coefficient (Wildman–Crippen LogP) is 16.7. The number of anilines is 3. The van der Waals surface area contributed by atoms with Gasteiger partial charge in [-0.3, -0.25) is 0 Å². The van der Waals surface area contributed by atoms with Gasteiger partial charge in [-0.2, -0.15) is 0 Å². The number of furan rings is 1. The van der Waals surface area contributed by atoms with E-state index in [4.69, 9.17) is 4.42 Å². The van der Waals surface area contributed by atoms with E-state index in [0.717, 1.165) is 44.6 Å². The lowest BCUT2D eigenvalue weighted by Gasteiger charge is -2.27. The number of para-hydroxylation sites is 1. The van der Waals surface area contributed by atoms with E-state index in [2.05, 4.69) is 223 Å². The van der Waals surface area contributed by atoms with E-state index < -0.39 is 0 Å². The molecule has 0 saturated carbocycles. The minimum Gasteiger partial charge on any atom is -0.456 e. The van der Waals surface area contributed by atoms with Crippen molar-refractivity contribution in [3.63, 3.8) is 0 Å². The Balaban J connectivity index is 1.01. The third-order valence-corrected chi connectivity index (χ3v) is 12.2. The lowest BCUT2D eigenvalue weighted by Crippen LogP contribution is -2.10. The van der Waals surface area contributed by atoms with E-state index >= 15 is 0 Å². The molecule has 2 nitrogen and oxygen atoms in total. The fourth-order valence-electron chi connectivity index (χ4n) is 9.49. The molecule has 0 amide bonds. The van der Waals surface area contributed by atoms with E-state index in [0.29, 0.717) is 0 Å². The van der Waals surface area contributed by atoms with Gasteiger partial charge in [-0.05, 0) is 131 Å². The normalized spacial score (nSPS) is 11.7. The quantitative estimate of drug-likeness (QED) is 0.157. The van der Waals surface area contributed by atoms with Crippen LogP contribution in [0.4, 0.5) is 17.1 Å². The zero-order valence-corrected chi connectivity index (χ0v) is 32.7. The predicted molar refractivity (Wildman–Crippen MR) is 255 cm³/mol. The molecule has 280 valence electrons. The Bertz CT molecular complexity index is 3600. The summed E-state index contributed by atoms with van der Waals surface area (Å²) in [4.78, 5) is 2.37. The highest BCUT2D eigenvalue weighted by Crippen LogP contribution is 2.45. The smallest absolute Gasteiger partial charge is 0.137 e. The first-order valence-electron chi connectivity index (χ1n) is 20.6. The van der Waals surface area contributed by atoms with Crippen molar-refractivity contribution in [2.24, 2.45) is 0 Å². The molecule has 0 aliphatic heterocycles. The van der Waals surface area contributed by atoms with Crippen LogP contribution in [0.3, 0.4) is 0 Å². The average Bonchev–Trinajstić information content (AvgIpc) is 3.71. The Morgan fingerprint density at radius 1 is 0.283 bits per heavy atom. The van der Waals surface area contributed by atoms with Crippen molar-refractivity contribution in [3.05, 3.63) is 224 Å². The maximum Gasteiger partial charge on any atom is 0.137 e. The van der Waals surface area contributed by atoms with E-state index in [-0.39, 0.29) is 0 Å². The van der Waals surface area contributed by atoms with Crippen LogP contribution in [0.15, 0.2) is 229 Å². The van der Waals surface area contributed by atoms with Crippen molar-refractivity contribution in [2.45, 2.75) is 0 Å². The van der Waals surface area contributed by atoms with Crippen LogP contribution in [0.2, 0.25) is 0 Å². The molecule has 0 bridgehead atoms. The summed E-state index contributed by atoms with van der Waals surface area (Å²) in [7, 11) is 0. The molecule has 1 heterocycles. The summed E-state index contributed by atoms with van der Waals surface area (Å²) in [5.74, 6) is 0. The Morgan fingerprint density at radius 2 is 0.733 bits per heavy atom. The number of nitrogens with zero attached hydrogens (tertiary/aromatic N) is 1. The number of hydrogen-bond donors (Lipinski definition) is 0. The molecule has 1 aromatic heterocycles. The summed E-state index contributed by atoms with van der Waals surface area (Å²) in [6.07, 6.45) is 0. The van der Waals surface area contributed by atoms with Crippen LogP contribution in [0, 0.1) is 0 Å². The van der Waals surface area contributed by atoms with E-state index in [1.165, 1.54) is 70.9 Å². The van der Waals surface area contributed by atoms with Crippen molar-refractivity contribution in [3.8, 4) is 33.4 Å². The summed E-state index contributed by atoms with van der Waals surface area (Å²) >= 11 is 0.